The molecule has 0 spiro atoms. The summed E-state index contributed by atoms with van der Waals surface area (Å²) in [6.07, 6.45) is 0. The summed E-state index contributed by atoms with van der Waals surface area (Å²) >= 11 is 0. The molecule has 0 aliphatic carbocycles. The van der Waals surface area contributed by atoms with Crippen molar-refractivity contribution in [2.45, 2.75) is 5.85 Å². The maximum absolute atomic E-state index is 10.4. The van der Waals surface area contributed by atoms with Crippen LogP contribution >= 0.6 is 8.03 Å². The minimum absolute atomic E-state index is 0. The second-order valence-corrected chi connectivity index (χ2v) is 3.37. The fraction of sp³-hybridized carbons (Fsp3) is 0.143. The number of rotatable bonds is 2. The Hall–Kier alpha value is 0.00636. The van der Waals surface area contributed by atoms with Crippen molar-refractivity contribution in [2.24, 2.45) is 0 Å². The summed E-state index contributed by atoms with van der Waals surface area (Å²) in [6.45, 7) is 0. The molecular formula is C7H12GaO3P. The maximum atomic E-state index is 10.4. The number of aliphatic hydroxyl groups excluding tert-OH is 1. The number of aliphatic hydroxyl groups is 1. The van der Waals surface area contributed by atoms with E-state index in [4.69, 9.17) is 10.00 Å². The third-order valence-electron chi connectivity index (χ3n) is 1.35. The van der Waals surface area contributed by atoms with Crippen molar-refractivity contribution in [3.8, 4) is 0 Å². The summed E-state index contributed by atoms with van der Waals surface area (Å²) in [5, 5.41) is 9.08. The average Bonchev–Trinajstić information content (AvgIpc) is 2.05. The summed E-state index contributed by atoms with van der Waals surface area (Å²) in [4.78, 5) is 8.57. The van der Waals surface area contributed by atoms with E-state index in [1.807, 2.05) is 0 Å². The van der Waals surface area contributed by atoms with Crippen LogP contribution in [0.25, 0.3) is 0 Å². The number of hydrogen-bond donors (Lipinski definition) is 2. The first-order valence-corrected chi connectivity index (χ1v) is 4.61. The normalized spacial score (nSPS) is 14.5. The molecule has 1 rings (SSSR count). The van der Waals surface area contributed by atoms with Gasteiger partial charge in [0.2, 0.25) is 8.03 Å². The van der Waals surface area contributed by atoms with Gasteiger partial charge in [-0.3, -0.25) is 4.57 Å². The Labute approximate surface area is 84.4 Å². The van der Waals surface area contributed by atoms with Crippen molar-refractivity contribution < 1.29 is 14.6 Å². The topological polar surface area (TPSA) is 57.5 Å². The molecule has 5 heteroatoms. The molecule has 2 atom stereocenters. The molecule has 0 fully saturated rings. The predicted octanol–water partition coefficient (Wildman–Crippen LogP) is -0.0394. The van der Waals surface area contributed by atoms with Crippen molar-refractivity contribution in [1.29, 1.82) is 0 Å². The van der Waals surface area contributed by atoms with Gasteiger partial charge in [-0.1, -0.05) is 30.3 Å². The second kappa shape index (κ2) is 5.62. The first-order chi connectivity index (χ1) is 5.22. The summed E-state index contributed by atoms with van der Waals surface area (Å²) in [6, 6.07) is 8.43. The molecule has 0 heterocycles. The van der Waals surface area contributed by atoms with Gasteiger partial charge in [-0.15, -0.1) is 0 Å². The Bertz CT molecular complexity index is 252. The third kappa shape index (κ3) is 3.17. The summed E-state index contributed by atoms with van der Waals surface area (Å²) in [5.41, 5.74) is 0.485. The first-order valence-electron chi connectivity index (χ1n) is 3.17. The standard InChI is InChI=1S/C7H9O3P.Ga.3H/c8-7(11(9)10)6-4-2-1-3-5-6;;;;/h1-5,7-8,11H,(H,9,10);;;;. The molecule has 66 valence electrons. The molecule has 12 heavy (non-hydrogen) atoms. The Morgan fingerprint density at radius 1 is 1.25 bits per heavy atom. The van der Waals surface area contributed by atoms with Crippen molar-refractivity contribution >= 4 is 27.8 Å². The fourth-order valence-electron chi connectivity index (χ4n) is 0.778. The van der Waals surface area contributed by atoms with Gasteiger partial charge in [-0.2, -0.15) is 0 Å². The molecule has 0 aromatic heterocycles. The van der Waals surface area contributed by atoms with E-state index in [0.29, 0.717) is 5.56 Å². The van der Waals surface area contributed by atoms with Crippen LogP contribution in [0, 0.1) is 0 Å². The molecule has 1 aromatic rings. The molecular weight excluding hydrogens is 233 g/mol. The van der Waals surface area contributed by atoms with Gasteiger partial charge in [0.15, 0.2) is 5.85 Å². The van der Waals surface area contributed by atoms with Crippen molar-refractivity contribution in [1.82, 2.24) is 0 Å². The van der Waals surface area contributed by atoms with Crippen LogP contribution in [-0.2, 0) is 4.57 Å². The monoisotopic (exact) mass is 244 g/mol. The Morgan fingerprint density at radius 2 is 1.75 bits per heavy atom. The van der Waals surface area contributed by atoms with Crippen molar-refractivity contribution in [2.75, 3.05) is 0 Å². The van der Waals surface area contributed by atoms with Crippen LogP contribution in [0.2, 0.25) is 0 Å². The zero-order chi connectivity index (χ0) is 8.27. The molecule has 1 aromatic carbocycles. The zero-order valence-corrected chi connectivity index (χ0v) is 6.77. The van der Waals surface area contributed by atoms with Crippen LogP contribution < -0.4 is 0 Å². The average molecular weight is 245 g/mol. The van der Waals surface area contributed by atoms with E-state index >= 15 is 0 Å². The molecule has 0 saturated carbocycles. The van der Waals surface area contributed by atoms with Crippen LogP contribution in [0.15, 0.2) is 30.3 Å². The SMILES string of the molecule is O=[PH](O)C(O)c1ccccc1.[GaH3]. The van der Waals surface area contributed by atoms with Gasteiger partial charge in [0.25, 0.3) is 0 Å². The first kappa shape index (κ1) is 12.0. The summed E-state index contributed by atoms with van der Waals surface area (Å²) in [7, 11) is -2.86. The van der Waals surface area contributed by atoms with E-state index in [1.165, 1.54) is 0 Å². The van der Waals surface area contributed by atoms with Gasteiger partial charge in [-0.05, 0) is 5.56 Å². The van der Waals surface area contributed by atoms with E-state index < -0.39 is 13.9 Å². The van der Waals surface area contributed by atoms with Crippen LogP contribution in [0.3, 0.4) is 0 Å². The molecule has 2 unspecified atom stereocenters. The molecule has 0 aliphatic heterocycles. The zero-order valence-electron chi connectivity index (χ0n) is 5.77. The predicted molar refractivity (Wildman–Crippen MR) is 52.6 cm³/mol. The van der Waals surface area contributed by atoms with Gasteiger partial charge >= 0.3 is 19.8 Å². The van der Waals surface area contributed by atoms with Crippen LogP contribution in [0.1, 0.15) is 11.4 Å². The van der Waals surface area contributed by atoms with Gasteiger partial charge in [0, 0.05) is 0 Å². The van der Waals surface area contributed by atoms with Gasteiger partial charge in [0.05, 0.1) is 0 Å². The fourth-order valence-corrected chi connectivity index (χ4v) is 1.26. The van der Waals surface area contributed by atoms with Gasteiger partial charge in [0.1, 0.15) is 0 Å². The molecule has 0 bridgehead atoms. The van der Waals surface area contributed by atoms with E-state index in [1.54, 1.807) is 30.3 Å². The molecule has 0 radical (unpaired) electrons. The number of hydrogen-bond acceptors (Lipinski definition) is 2. The second-order valence-electron chi connectivity index (χ2n) is 2.15. The van der Waals surface area contributed by atoms with Crippen LogP contribution in [0.4, 0.5) is 0 Å². The molecule has 0 saturated heterocycles. The Kier molecular flexibility index (Phi) is 5.62. The molecule has 0 aliphatic rings. The Balaban J connectivity index is 0.00000121. The van der Waals surface area contributed by atoms with Gasteiger partial charge < -0.3 is 10.00 Å². The summed E-state index contributed by atoms with van der Waals surface area (Å²) in [5.74, 6) is -1.22. The minimum atomic E-state index is -2.86. The van der Waals surface area contributed by atoms with Crippen LogP contribution in [-0.4, -0.2) is 29.8 Å². The quantitative estimate of drug-likeness (QED) is 0.567. The van der Waals surface area contributed by atoms with Crippen molar-refractivity contribution in [3.05, 3.63) is 35.9 Å². The third-order valence-corrected chi connectivity index (χ3v) is 2.15. The van der Waals surface area contributed by atoms with E-state index in [9.17, 15) is 4.57 Å². The summed E-state index contributed by atoms with van der Waals surface area (Å²) < 4.78 is 10.4. The van der Waals surface area contributed by atoms with Crippen LogP contribution in [0.5, 0.6) is 0 Å². The molecule has 3 nitrogen and oxygen atoms in total. The van der Waals surface area contributed by atoms with Gasteiger partial charge in [-0.25, -0.2) is 0 Å². The number of benzene rings is 1. The molecule has 2 N–H and O–H groups in total. The Morgan fingerprint density at radius 3 is 2.17 bits per heavy atom. The van der Waals surface area contributed by atoms with E-state index in [0.717, 1.165) is 0 Å². The van der Waals surface area contributed by atoms with Crippen molar-refractivity contribution in [3.63, 3.8) is 0 Å². The van der Waals surface area contributed by atoms with E-state index in [-0.39, 0.29) is 19.8 Å². The molecule has 0 amide bonds. The van der Waals surface area contributed by atoms with E-state index in [2.05, 4.69) is 0 Å².